The number of urea groups is 1. The van der Waals surface area contributed by atoms with Crippen molar-refractivity contribution < 1.29 is 9.59 Å². The van der Waals surface area contributed by atoms with Crippen LogP contribution < -0.4 is 5.32 Å². The van der Waals surface area contributed by atoms with Gasteiger partial charge in [-0.25, -0.2) is 4.79 Å². The van der Waals surface area contributed by atoms with Crippen molar-refractivity contribution in [1.29, 1.82) is 0 Å². The molecule has 0 radical (unpaired) electrons. The zero-order valence-electron chi connectivity index (χ0n) is 16.1. The summed E-state index contributed by atoms with van der Waals surface area (Å²) in [7, 11) is 3.45. The third-order valence-electron chi connectivity index (χ3n) is 4.48. The third-order valence-corrected chi connectivity index (χ3v) is 6.52. The first kappa shape index (κ1) is 20.6. The first-order valence-corrected chi connectivity index (χ1v) is 11.2. The largest absolute Gasteiger partial charge is 0.331 e. The fourth-order valence-electron chi connectivity index (χ4n) is 3.05. The molecule has 1 N–H and O–H groups in total. The van der Waals surface area contributed by atoms with Gasteiger partial charge in [0.25, 0.3) is 0 Å². The standard InChI is InChI=1S/C19H25N5O2S2/c1-23(2)19(26)24-10-6-9-15(11-24)17(25)20-18-22-21-16(28-18)13-27-12-14-7-4-3-5-8-14/h3-5,7-8,15H,6,9-13H2,1-2H3,(H,20,22,25)/t15-/m0/s1. The van der Waals surface area contributed by atoms with Crippen molar-refractivity contribution in [3.05, 3.63) is 40.9 Å². The van der Waals surface area contributed by atoms with Crippen LogP contribution in [-0.4, -0.2) is 59.1 Å². The monoisotopic (exact) mass is 419 g/mol. The average molecular weight is 420 g/mol. The number of anilines is 1. The molecule has 9 heteroatoms. The van der Waals surface area contributed by atoms with Crippen molar-refractivity contribution in [1.82, 2.24) is 20.0 Å². The number of hydrogen-bond acceptors (Lipinski definition) is 6. The summed E-state index contributed by atoms with van der Waals surface area (Å²) in [4.78, 5) is 28.0. The van der Waals surface area contributed by atoms with Crippen LogP contribution in [0.4, 0.5) is 9.93 Å². The molecule has 1 fully saturated rings. The molecule has 2 heterocycles. The van der Waals surface area contributed by atoms with Crippen LogP contribution in [0.25, 0.3) is 0 Å². The predicted molar refractivity (Wildman–Crippen MR) is 113 cm³/mol. The van der Waals surface area contributed by atoms with Crippen molar-refractivity contribution in [3.63, 3.8) is 0 Å². The number of likely N-dealkylation sites (tertiary alicyclic amines) is 1. The van der Waals surface area contributed by atoms with Crippen LogP contribution in [0.2, 0.25) is 0 Å². The number of aromatic nitrogens is 2. The van der Waals surface area contributed by atoms with Crippen LogP contribution in [-0.2, 0) is 16.3 Å². The van der Waals surface area contributed by atoms with E-state index in [0.717, 1.165) is 29.4 Å². The fourth-order valence-corrected chi connectivity index (χ4v) is 4.83. The molecular formula is C19H25N5O2S2. The van der Waals surface area contributed by atoms with E-state index >= 15 is 0 Å². The maximum atomic E-state index is 12.6. The van der Waals surface area contributed by atoms with E-state index in [1.165, 1.54) is 16.9 Å². The highest BCUT2D eigenvalue weighted by Crippen LogP contribution is 2.24. The van der Waals surface area contributed by atoms with Gasteiger partial charge >= 0.3 is 6.03 Å². The molecule has 3 amide bonds. The predicted octanol–water partition coefficient (Wildman–Crippen LogP) is 3.30. The van der Waals surface area contributed by atoms with E-state index in [2.05, 4.69) is 27.6 Å². The Bertz CT molecular complexity index is 797. The summed E-state index contributed by atoms with van der Waals surface area (Å²) in [6.45, 7) is 1.14. The van der Waals surface area contributed by atoms with Crippen molar-refractivity contribution >= 4 is 40.2 Å². The summed E-state index contributed by atoms with van der Waals surface area (Å²) in [5.41, 5.74) is 1.28. The first-order valence-electron chi connectivity index (χ1n) is 9.24. The van der Waals surface area contributed by atoms with Crippen LogP contribution >= 0.6 is 23.1 Å². The molecule has 2 aromatic rings. The van der Waals surface area contributed by atoms with Crippen LogP contribution in [0.1, 0.15) is 23.4 Å². The molecule has 1 aromatic carbocycles. The van der Waals surface area contributed by atoms with Crippen molar-refractivity contribution in [2.24, 2.45) is 5.92 Å². The number of thioether (sulfide) groups is 1. The van der Waals surface area contributed by atoms with Crippen LogP contribution in [0, 0.1) is 5.92 Å². The summed E-state index contributed by atoms with van der Waals surface area (Å²) >= 11 is 3.18. The molecule has 0 aliphatic carbocycles. The molecule has 1 aliphatic heterocycles. The number of amides is 3. The Labute approximate surface area is 173 Å². The molecule has 1 aliphatic rings. The minimum absolute atomic E-state index is 0.0499. The average Bonchev–Trinajstić information content (AvgIpc) is 3.15. The molecular weight excluding hydrogens is 394 g/mol. The first-order chi connectivity index (χ1) is 13.5. The SMILES string of the molecule is CN(C)C(=O)N1CCC[C@H](C(=O)Nc2nnc(CSCc3ccccc3)s2)C1. The number of piperidine rings is 1. The van der Waals surface area contributed by atoms with Crippen LogP contribution in [0.5, 0.6) is 0 Å². The molecule has 28 heavy (non-hydrogen) atoms. The van der Waals surface area contributed by atoms with E-state index in [1.54, 1.807) is 35.7 Å². The Morgan fingerprint density at radius 2 is 2.04 bits per heavy atom. The Morgan fingerprint density at radius 3 is 2.79 bits per heavy atom. The second-order valence-corrected chi connectivity index (χ2v) is 8.98. The molecule has 0 unspecified atom stereocenters. The number of nitrogens with one attached hydrogen (secondary N) is 1. The zero-order chi connectivity index (χ0) is 19.9. The Hall–Kier alpha value is -2.13. The molecule has 3 rings (SSSR count). The second-order valence-electron chi connectivity index (χ2n) is 6.93. The highest BCUT2D eigenvalue weighted by Gasteiger charge is 2.29. The van der Waals surface area contributed by atoms with Gasteiger partial charge in [0.2, 0.25) is 11.0 Å². The number of nitrogens with zero attached hydrogens (tertiary/aromatic N) is 4. The van der Waals surface area contributed by atoms with E-state index in [4.69, 9.17) is 0 Å². The van der Waals surface area contributed by atoms with Gasteiger partial charge in [0.1, 0.15) is 5.01 Å². The van der Waals surface area contributed by atoms with Gasteiger partial charge in [-0.3, -0.25) is 4.79 Å². The van der Waals surface area contributed by atoms with Crippen molar-refractivity contribution in [3.8, 4) is 0 Å². The number of rotatable bonds is 6. The molecule has 0 saturated carbocycles. The normalized spacial score (nSPS) is 16.6. The smallest absolute Gasteiger partial charge is 0.319 e. The Morgan fingerprint density at radius 1 is 1.25 bits per heavy atom. The molecule has 1 saturated heterocycles. The molecule has 1 aromatic heterocycles. The lowest BCUT2D eigenvalue weighted by Gasteiger charge is -2.33. The summed E-state index contributed by atoms with van der Waals surface area (Å²) in [5, 5.41) is 12.6. The van der Waals surface area contributed by atoms with E-state index in [9.17, 15) is 9.59 Å². The van der Waals surface area contributed by atoms with Gasteiger partial charge in [-0.2, -0.15) is 0 Å². The lowest BCUT2D eigenvalue weighted by Crippen LogP contribution is -2.47. The lowest BCUT2D eigenvalue weighted by molar-refractivity contribution is -0.121. The summed E-state index contributed by atoms with van der Waals surface area (Å²) < 4.78 is 0. The second kappa shape index (κ2) is 9.88. The Kier molecular flexibility index (Phi) is 7.27. The fraction of sp³-hybridized carbons (Fsp3) is 0.474. The maximum absolute atomic E-state index is 12.6. The summed E-state index contributed by atoms with van der Waals surface area (Å²) in [5.74, 6) is 1.38. The molecule has 150 valence electrons. The topological polar surface area (TPSA) is 78.4 Å². The number of carbonyl (C=O) groups is 2. The van der Waals surface area contributed by atoms with Gasteiger partial charge < -0.3 is 15.1 Å². The number of carbonyl (C=O) groups excluding carboxylic acids is 2. The molecule has 0 spiro atoms. The van der Waals surface area contributed by atoms with E-state index in [0.29, 0.717) is 18.2 Å². The van der Waals surface area contributed by atoms with Gasteiger partial charge in [0.15, 0.2) is 0 Å². The minimum Gasteiger partial charge on any atom is -0.331 e. The van der Waals surface area contributed by atoms with Crippen LogP contribution in [0.15, 0.2) is 30.3 Å². The Balaban J connectivity index is 1.47. The number of benzene rings is 1. The third kappa shape index (κ3) is 5.68. The quantitative estimate of drug-likeness (QED) is 0.777. The maximum Gasteiger partial charge on any atom is 0.319 e. The lowest BCUT2D eigenvalue weighted by atomic mass is 9.97. The summed E-state index contributed by atoms with van der Waals surface area (Å²) in [6.07, 6.45) is 1.61. The highest BCUT2D eigenvalue weighted by molar-refractivity contribution is 7.97. The van der Waals surface area contributed by atoms with E-state index < -0.39 is 0 Å². The van der Waals surface area contributed by atoms with Crippen molar-refractivity contribution in [2.75, 3.05) is 32.5 Å². The minimum atomic E-state index is -0.211. The molecule has 7 nitrogen and oxygen atoms in total. The van der Waals surface area contributed by atoms with Crippen molar-refractivity contribution in [2.45, 2.75) is 24.3 Å². The molecule has 0 bridgehead atoms. The van der Waals surface area contributed by atoms with Gasteiger partial charge in [-0.1, -0.05) is 41.7 Å². The van der Waals surface area contributed by atoms with E-state index in [-0.39, 0.29) is 17.9 Å². The summed E-state index contributed by atoms with van der Waals surface area (Å²) in [6, 6.07) is 10.2. The van der Waals surface area contributed by atoms with Crippen LogP contribution in [0.3, 0.4) is 0 Å². The van der Waals surface area contributed by atoms with E-state index in [1.807, 2.05) is 18.2 Å². The highest BCUT2D eigenvalue weighted by atomic mass is 32.2. The zero-order valence-corrected chi connectivity index (χ0v) is 17.8. The van der Waals surface area contributed by atoms with Gasteiger partial charge in [-0.05, 0) is 18.4 Å². The van der Waals surface area contributed by atoms with Gasteiger partial charge in [0.05, 0.1) is 5.92 Å². The van der Waals surface area contributed by atoms with Gasteiger partial charge in [-0.15, -0.1) is 22.0 Å². The van der Waals surface area contributed by atoms with Gasteiger partial charge in [0, 0.05) is 38.7 Å². The number of hydrogen-bond donors (Lipinski definition) is 1. The molecule has 1 atom stereocenters.